The van der Waals surface area contributed by atoms with Crippen LogP contribution >= 0.6 is 0 Å². The number of ether oxygens (including phenoxy) is 1. The summed E-state index contributed by atoms with van der Waals surface area (Å²) in [5.74, 6) is -0.304. The summed E-state index contributed by atoms with van der Waals surface area (Å²) in [6.07, 6.45) is 1.64. The van der Waals surface area contributed by atoms with Crippen molar-refractivity contribution in [2.45, 2.75) is 36.0 Å². The molecule has 2 aromatic carbocycles. The first-order valence-corrected chi connectivity index (χ1v) is 13.0. The fourth-order valence-electron chi connectivity index (χ4n) is 3.71. The van der Waals surface area contributed by atoms with Crippen LogP contribution in [0.15, 0.2) is 53.4 Å². The van der Waals surface area contributed by atoms with Gasteiger partial charge in [0, 0.05) is 6.04 Å². The van der Waals surface area contributed by atoms with E-state index in [4.69, 9.17) is 4.74 Å². The third kappa shape index (κ3) is 5.18. The fourth-order valence-corrected chi connectivity index (χ4v) is 8.67. The van der Waals surface area contributed by atoms with E-state index < -0.39 is 31.0 Å². The molecule has 0 aromatic heterocycles. The summed E-state index contributed by atoms with van der Waals surface area (Å²) in [4.78, 5) is 0.0539. The Labute approximate surface area is 173 Å². The molecule has 1 fully saturated rings. The van der Waals surface area contributed by atoms with Gasteiger partial charge >= 0.3 is 0 Å². The van der Waals surface area contributed by atoms with Crippen molar-refractivity contribution in [2.24, 2.45) is 0 Å². The highest BCUT2D eigenvalue weighted by atomic mass is 32.2. The quantitative estimate of drug-likeness (QED) is 0.637. The van der Waals surface area contributed by atoms with Crippen LogP contribution in [-0.2, 0) is 26.1 Å². The first-order chi connectivity index (χ1) is 13.7. The van der Waals surface area contributed by atoms with E-state index in [1.54, 1.807) is 25.1 Å². The molecule has 0 unspecified atom stereocenters. The van der Waals surface area contributed by atoms with Crippen molar-refractivity contribution in [3.63, 3.8) is 0 Å². The van der Waals surface area contributed by atoms with E-state index in [9.17, 15) is 16.8 Å². The highest BCUT2D eigenvalue weighted by molar-refractivity contribution is 7.96. The van der Waals surface area contributed by atoms with E-state index in [0.29, 0.717) is 6.54 Å². The lowest BCUT2D eigenvalue weighted by atomic mass is 10.1. The maximum Gasteiger partial charge on any atom is 0.187 e. The van der Waals surface area contributed by atoms with Crippen molar-refractivity contribution in [1.29, 1.82) is 0 Å². The molecule has 6 nitrogen and oxygen atoms in total. The summed E-state index contributed by atoms with van der Waals surface area (Å²) >= 11 is 0. The zero-order chi connectivity index (χ0) is 21.1. The van der Waals surface area contributed by atoms with Gasteiger partial charge in [-0.25, -0.2) is 16.8 Å². The minimum atomic E-state index is -3.88. The van der Waals surface area contributed by atoms with Crippen LogP contribution in [0.4, 0.5) is 0 Å². The zero-order valence-corrected chi connectivity index (χ0v) is 18.3. The summed E-state index contributed by atoms with van der Waals surface area (Å²) < 4.78 is 56.4. The van der Waals surface area contributed by atoms with Crippen molar-refractivity contribution >= 4 is 19.7 Å². The molecule has 1 N–H and O–H groups in total. The summed E-state index contributed by atoms with van der Waals surface area (Å²) in [6.45, 7) is 2.34. The van der Waals surface area contributed by atoms with Gasteiger partial charge in [-0.3, -0.25) is 0 Å². The standard InChI is InChI=1S/C21H27NO5S2/c1-16-10-11-19(27-2)20(13-16)29(25,26)21-15-28(23,24)14-18(21)22-12-6-9-17-7-4-3-5-8-17/h3-5,7-8,10-11,13,18,21-22H,6,9,12,14-15H2,1-2H3/t18-,21+/m1/s1. The number of rotatable bonds is 8. The Morgan fingerprint density at radius 1 is 1.10 bits per heavy atom. The van der Waals surface area contributed by atoms with Gasteiger partial charge in [-0.15, -0.1) is 0 Å². The number of sulfone groups is 2. The number of nitrogens with one attached hydrogen (secondary N) is 1. The van der Waals surface area contributed by atoms with Gasteiger partial charge in [-0.2, -0.15) is 0 Å². The van der Waals surface area contributed by atoms with Gasteiger partial charge in [0.25, 0.3) is 0 Å². The van der Waals surface area contributed by atoms with E-state index in [2.05, 4.69) is 5.32 Å². The summed E-state index contributed by atoms with van der Waals surface area (Å²) in [6, 6.07) is 14.3. The van der Waals surface area contributed by atoms with Crippen LogP contribution in [-0.4, -0.2) is 53.3 Å². The van der Waals surface area contributed by atoms with Crippen LogP contribution in [0.1, 0.15) is 17.5 Å². The van der Waals surface area contributed by atoms with Crippen molar-refractivity contribution in [1.82, 2.24) is 5.32 Å². The van der Waals surface area contributed by atoms with Crippen molar-refractivity contribution in [3.8, 4) is 5.75 Å². The molecule has 1 aliphatic heterocycles. The molecule has 0 amide bonds. The predicted octanol–water partition coefficient (Wildman–Crippen LogP) is 2.17. The first-order valence-electron chi connectivity index (χ1n) is 9.59. The molecule has 0 spiro atoms. The van der Waals surface area contributed by atoms with Crippen LogP contribution in [0, 0.1) is 6.92 Å². The second-order valence-electron chi connectivity index (χ2n) is 7.46. The smallest absolute Gasteiger partial charge is 0.187 e. The molecule has 0 aliphatic carbocycles. The third-order valence-corrected chi connectivity index (χ3v) is 9.39. The Morgan fingerprint density at radius 3 is 2.52 bits per heavy atom. The monoisotopic (exact) mass is 437 g/mol. The normalized spacial score (nSPS) is 21.2. The van der Waals surface area contributed by atoms with Gasteiger partial charge in [-0.05, 0) is 49.6 Å². The molecule has 0 saturated carbocycles. The molecule has 2 atom stereocenters. The van der Waals surface area contributed by atoms with Crippen LogP contribution < -0.4 is 10.1 Å². The average molecular weight is 438 g/mol. The molecule has 29 heavy (non-hydrogen) atoms. The predicted molar refractivity (Wildman–Crippen MR) is 114 cm³/mol. The summed E-state index contributed by atoms with van der Waals surface area (Å²) in [7, 11) is -5.91. The van der Waals surface area contributed by atoms with Crippen molar-refractivity contribution < 1.29 is 21.6 Å². The summed E-state index contributed by atoms with van der Waals surface area (Å²) in [5.41, 5.74) is 1.97. The van der Waals surface area contributed by atoms with E-state index in [-0.39, 0.29) is 22.2 Å². The molecular weight excluding hydrogens is 410 g/mol. The SMILES string of the molecule is COc1ccc(C)cc1S(=O)(=O)[C@H]1CS(=O)(=O)C[C@H]1NCCCc1ccccc1. The molecule has 1 aliphatic rings. The van der Waals surface area contributed by atoms with E-state index in [1.807, 2.05) is 30.3 Å². The lowest BCUT2D eigenvalue weighted by Crippen LogP contribution is -2.43. The maximum atomic E-state index is 13.3. The number of benzene rings is 2. The van der Waals surface area contributed by atoms with E-state index >= 15 is 0 Å². The van der Waals surface area contributed by atoms with Crippen LogP contribution in [0.25, 0.3) is 0 Å². The number of hydrogen-bond acceptors (Lipinski definition) is 6. The molecule has 8 heteroatoms. The molecule has 1 heterocycles. The molecule has 0 radical (unpaired) electrons. The van der Waals surface area contributed by atoms with E-state index in [1.165, 1.54) is 12.7 Å². The van der Waals surface area contributed by atoms with Gasteiger partial charge in [0.15, 0.2) is 19.7 Å². The van der Waals surface area contributed by atoms with Gasteiger partial charge in [0.1, 0.15) is 10.6 Å². The average Bonchev–Trinajstić information content (AvgIpc) is 3.01. The highest BCUT2D eigenvalue weighted by Gasteiger charge is 2.46. The molecule has 2 aromatic rings. The minimum Gasteiger partial charge on any atom is -0.495 e. The second-order valence-corrected chi connectivity index (χ2v) is 11.8. The van der Waals surface area contributed by atoms with Gasteiger partial charge < -0.3 is 10.1 Å². The largest absolute Gasteiger partial charge is 0.495 e. The fraction of sp³-hybridized carbons (Fsp3) is 0.429. The van der Waals surface area contributed by atoms with Crippen LogP contribution in [0.3, 0.4) is 0 Å². The number of hydrogen-bond donors (Lipinski definition) is 1. The highest BCUT2D eigenvalue weighted by Crippen LogP contribution is 2.32. The Bertz CT molecular complexity index is 1050. The molecule has 3 rings (SSSR count). The number of methoxy groups -OCH3 is 1. The molecule has 158 valence electrons. The molecule has 0 bridgehead atoms. The second kappa shape index (κ2) is 8.85. The third-order valence-electron chi connectivity index (χ3n) is 5.22. The lowest BCUT2D eigenvalue weighted by molar-refractivity contribution is 0.402. The van der Waals surface area contributed by atoms with E-state index in [0.717, 1.165) is 18.4 Å². The lowest BCUT2D eigenvalue weighted by Gasteiger charge is -2.21. The summed E-state index contributed by atoms with van der Waals surface area (Å²) in [5, 5.41) is 2.16. The Balaban J connectivity index is 1.76. The van der Waals surface area contributed by atoms with Crippen LogP contribution in [0.2, 0.25) is 0 Å². The number of aryl methyl sites for hydroxylation is 2. The Morgan fingerprint density at radius 2 is 1.83 bits per heavy atom. The van der Waals surface area contributed by atoms with Crippen molar-refractivity contribution in [2.75, 3.05) is 25.2 Å². The first kappa shape index (κ1) is 21.8. The Hall–Kier alpha value is -1.90. The van der Waals surface area contributed by atoms with Crippen molar-refractivity contribution in [3.05, 3.63) is 59.7 Å². The van der Waals surface area contributed by atoms with Gasteiger partial charge in [0.05, 0.1) is 23.9 Å². The van der Waals surface area contributed by atoms with Crippen LogP contribution in [0.5, 0.6) is 5.75 Å². The molecule has 1 saturated heterocycles. The van der Waals surface area contributed by atoms with Gasteiger partial charge in [-0.1, -0.05) is 36.4 Å². The molecular formula is C21H27NO5S2. The maximum absolute atomic E-state index is 13.3. The zero-order valence-electron chi connectivity index (χ0n) is 16.7. The minimum absolute atomic E-state index is 0.0539. The Kier molecular flexibility index (Phi) is 6.65. The van der Waals surface area contributed by atoms with Gasteiger partial charge in [0.2, 0.25) is 0 Å². The topological polar surface area (TPSA) is 89.5 Å².